The zero-order chi connectivity index (χ0) is 14.2. The SMILES string of the molecule is CC1CN(S(=O)(=O)N2CCC(C)C2CO)CC(C)O1. The summed E-state index contributed by atoms with van der Waals surface area (Å²) in [5, 5.41) is 9.42. The van der Waals surface area contributed by atoms with Crippen LogP contribution in [-0.4, -0.2) is 66.6 Å². The molecule has 2 saturated heterocycles. The molecule has 0 aromatic rings. The van der Waals surface area contributed by atoms with Gasteiger partial charge in [-0.05, 0) is 26.2 Å². The van der Waals surface area contributed by atoms with Crippen molar-refractivity contribution in [3.8, 4) is 0 Å². The summed E-state index contributed by atoms with van der Waals surface area (Å²) in [6.45, 7) is 6.90. The van der Waals surface area contributed by atoms with Gasteiger partial charge in [0.05, 0.1) is 24.9 Å². The highest BCUT2D eigenvalue weighted by Gasteiger charge is 2.43. The average Bonchev–Trinajstić information content (AvgIpc) is 2.69. The van der Waals surface area contributed by atoms with Crippen molar-refractivity contribution >= 4 is 10.2 Å². The molecule has 2 rings (SSSR count). The molecular formula is C12H24N2O4S. The van der Waals surface area contributed by atoms with Gasteiger partial charge < -0.3 is 9.84 Å². The van der Waals surface area contributed by atoms with E-state index in [0.29, 0.717) is 19.6 Å². The van der Waals surface area contributed by atoms with Crippen LogP contribution in [0, 0.1) is 5.92 Å². The molecule has 2 heterocycles. The second kappa shape index (κ2) is 5.65. The molecule has 1 N–H and O–H groups in total. The molecule has 6 nitrogen and oxygen atoms in total. The highest BCUT2D eigenvalue weighted by molar-refractivity contribution is 7.86. The van der Waals surface area contributed by atoms with Crippen LogP contribution in [-0.2, 0) is 14.9 Å². The summed E-state index contributed by atoms with van der Waals surface area (Å²) >= 11 is 0. The fourth-order valence-electron chi connectivity index (χ4n) is 3.00. The molecule has 4 atom stereocenters. The predicted octanol–water partition coefficient (Wildman–Crippen LogP) is 0.0431. The van der Waals surface area contributed by atoms with E-state index in [4.69, 9.17) is 4.74 Å². The first-order chi connectivity index (χ1) is 8.86. The van der Waals surface area contributed by atoms with Crippen LogP contribution < -0.4 is 0 Å². The highest BCUT2D eigenvalue weighted by atomic mass is 32.2. The minimum absolute atomic E-state index is 0.0915. The molecule has 2 aliphatic rings. The van der Waals surface area contributed by atoms with Crippen LogP contribution in [0.25, 0.3) is 0 Å². The van der Waals surface area contributed by atoms with Gasteiger partial charge in [0.2, 0.25) is 0 Å². The summed E-state index contributed by atoms with van der Waals surface area (Å²) in [5.74, 6) is 0.204. The molecule has 0 aromatic heterocycles. The fraction of sp³-hybridized carbons (Fsp3) is 1.00. The quantitative estimate of drug-likeness (QED) is 0.797. The maximum atomic E-state index is 12.7. The zero-order valence-electron chi connectivity index (χ0n) is 11.8. The Morgan fingerprint density at radius 2 is 1.79 bits per heavy atom. The van der Waals surface area contributed by atoms with Crippen LogP contribution in [0.2, 0.25) is 0 Å². The van der Waals surface area contributed by atoms with E-state index in [0.717, 1.165) is 6.42 Å². The lowest BCUT2D eigenvalue weighted by Crippen LogP contribution is -2.54. The molecule has 0 aromatic carbocycles. The Hall–Kier alpha value is -0.210. The monoisotopic (exact) mass is 292 g/mol. The van der Waals surface area contributed by atoms with E-state index in [1.807, 2.05) is 20.8 Å². The van der Waals surface area contributed by atoms with Gasteiger partial charge in [0.25, 0.3) is 10.2 Å². The van der Waals surface area contributed by atoms with Gasteiger partial charge in [-0.3, -0.25) is 0 Å². The van der Waals surface area contributed by atoms with Crippen molar-refractivity contribution in [2.75, 3.05) is 26.2 Å². The molecule has 0 bridgehead atoms. The van der Waals surface area contributed by atoms with E-state index in [-0.39, 0.29) is 30.8 Å². The standard InChI is InChI=1S/C12H24N2O4S/c1-9-4-5-14(12(9)8-15)19(16,17)13-6-10(2)18-11(3)7-13/h9-12,15H,4-8H2,1-3H3. The molecular weight excluding hydrogens is 268 g/mol. The van der Waals surface area contributed by atoms with Gasteiger partial charge in [-0.2, -0.15) is 17.0 Å². The van der Waals surface area contributed by atoms with Gasteiger partial charge in [0.15, 0.2) is 0 Å². The van der Waals surface area contributed by atoms with E-state index in [2.05, 4.69) is 0 Å². The first-order valence-corrected chi connectivity index (χ1v) is 8.29. The largest absolute Gasteiger partial charge is 0.395 e. The van der Waals surface area contributed by atoms with Gasteiger partial charge >= 0.3 is 0 Å². The van der Waals surface area contributed by atoms with Crippen molar-refractivity contribution < 1.29 is 18.3 Å². The maximum absolute atomic E-state index is 12.7. The topological polar surface area (TPSA) is 70.1 Å². The van der Waals surface area contributed by atoms with Crippen molar-refractivity contribution in [2.24, 2.45) is 5.92 Å². The van der Waals surface area contributed by atoms with Crippen LogP contribution >= 0.6 is 0 Å². The average molecular weight is 292 g/mol. The van der Waals surface area contributed by atoms with Gasteiger partial charge in [-0.1, -0.05) is 6.92 Å². The lowest BCUT2D eigenvalue weighted by atomic mass is 10.0. The third-order valence-electron chi connectivity index (χ3n) is 4.03. The second-order valence-corrected chi connectivity index (χ2v) is 7.59. The van der Waals surface area contributed by atoms with Crippen LogP contribution in [0.15, 0.2) is 0 Å². The van der Waals surface area contributed by atoms with Crippen molar-refractivity contribution in [3.05, 3.63) is 0 Å². The number of ether oxygens (including phenoxy) is 1. The van der Waals surface area contributed by atoms with Gasteiger partial charge in [0.1, 0.15) is 0 Å². The van der Waals surface area contributed by atoms with Crippen molar-refractivity contribution in [2.45, 2.75) is 45.4 Å². The molecule has 112 valence electrons. The molecule has 19 heavy (non-hydrogen) atoms. The fourth-order valence-corrected chi connectivity index (χ4v) is 5.04. The summed E-state index contributed by atoms with van der Waals surface area (Å²) < 4.78 is 33.9. The number of aliphatic hydroxyl groups excluding tert-OH is 1. The Kier molecular flexibility index (Phi) is 4.52. The van der Waals surface area contributed by atoms with E-state index < -0.39 is 10.2 Å². The molecule has 0 saturated carbocycles. The Bertz CT molecular complexity index is 404. The number of hydrogen-bond acceptors (Lipinski definition) is 4. The predicted molar refractivity (Wildman–Crippen MR) is 71.9 cm³/mol. The normalized spacial score (nSPS) is 38.7. The lowest BCUT2D eigenvalue weighted by molar-refractivity contribution is -0.0457. The lowest BCUT2D eigenvalue weighted by Gasteiger charge is -2.37. The van der Waals surface area contributed by atoms with Crippen molar-refractivity contribution in [3.63, 3.8) is 0 Å². The van der Waals surface area contributed by atoms with Gasteiger partial charge in [0, 0.05) is 19.6 Å². The Labute approximate surface area is 115 Å². The molecule has 7 heteroatoms. The van der Waals surface area contributed by atoms with E-state index in [1.165, 1.54) is 8.61 Å². The first-order valence-electron chi connectivity index (χ1n) is 6.89. The number of rotatable bonds is 3. The van der Waals surface area contributed by atoms with E-state index in [1.54, 1.807) is 0 Å². The smallest absolute Gasteiger partial charge is 0.282 e. The van der Waals surface area contributed by atoms with Gasteiger partial charge in [-0.15, -0.1) is 0 Å². The molecule has 0 spiro atoms. The van der Waals surface area contributed by atoms with E-state index in [9.17, 15) is 13.5 Å². The maximum Gasteiger partial charge on any atom is 0.282 e. The van der Waals surface area contributed by atoms with Crippen molar-refractivity contribution in [1.82, 2.24) is 8.61 Å². The van der Waals surface area contributed by atoms with Crippen LogP contribution in [0.4, 0.5) is 0 Å². The number of hydrogen-bond donors (Lipinski definition) is 1. The third-order valence-corrected chi connectivity index (χ3v) is 6.02. The van der Waals surface area contributed by atoms with E-state index >= 15 is 0 Å². The highest BCUT2D eigenvalue weighted by Crippen LogP contribution is 2.29. The minimum atomic E-state index is -3.50. The first kappa shape index (κ1) is 15.2. The summed E-state index contributed by atoms with van der Waals surface area (Å²) in [5.41, 5.74) is 0. The van der Waals surface area contributed by atoms with Crippen molar-refractivity contribution in [1.29, 1.82) is 0 Å². The number of aliphatic hydroxyl groups is 1. The molecule has 2 fully saturated rings. The third kappa shape index (κ3) is 2.95. The molecule has 0 aliphatic carbocycles. The number of morpholine rings is 1. The summed E-state index contributed by atoms with van der Waals surface area (Å²) in [6.07, 6.45) is 0.622. The van der Waals surface area contributed by atoms with Crippen LogP contribution in [0.3, 0.4) is 0 Å². The molecule has 4 unspecified atom stereocenters. The summed E-state index contributed by atoms with van der Waals surface area (Å²) in [7, 11) is -3.50. The van der Waals surface area contributed by atoms with Crippen LogP contribution in [0.5, 0.6) is 0 Å². The number of nitrogens with zero attached hydrogens (tertiary/aromatic N) is 2. The van der Waals surface area contributed by atoms with Crippen LogP contribution in [0.1, 0.15) is 27.2 Å². The summed E-state index contributed by atoms with van der Waals surface area (Å²) in [4.78, 5) is 0. The minimum Gasteiger partial charge on any atom is -0.395 e. The van der Waals surface area contributed by atoms with Gasteiger partial charge in [-0.25, -0.2) is 0 Å². The molecule has 2 aliphatic heterocycles. The summed E-state index contributed by atoms with van der Waals surface area (Å²) in [6, 6.07) is -0.293. The zero-order valence-corrected chi connectivity index (χ0v) is 12.6. The Morgan fingerprint density at radius 1 is 1.21 bits per heavy atom. The Balaban J connectivity index is 2.17. The molecule has 0 radical (unpaired) electrons. The second-order valence-electron chi connectivity index (χ2n) is 5.71. The molecule has 0 amide bonds. The Morgan fingerprint density at radius 3 is 2.32 bits per heavy atom.